The summed E-state index contributed by atoms with van der Waals surface area (Å²) in [7, 11) is 1.45. The highest BCUT2D eigenvalue weighted by atomic mass is 19.1. The van der Waals surface area contributed by atoms with E-state index in [9.17, 15) is 4.39 Å². The van der Waals surface area contributed by atoms with Crippen LogP contribution in [0.5, 0.6) is 5.75 Å². The molecule has 0 aromatic heterocycles. The first-order valence-electron chi connectivity index (χ1n) is 4.48. The molecule has 0 aliphatic carbocycles. The van der Waals surface area contributed by atoms with E-state index >= 15 is 0 Å². The zero-order chi connectivity index (χ0) is 10.4. The minimum atomic E-state index is -0.345. The molecule has 1 aromatic carbocycles. The zero-order valence-corrected chi connectivity index (χ0v) is 8.16. The van der Waals surface area contributed by atoms with Crippen molar-refractivity contribution in [2.45, 2.75) is 6.42 Å². The second-order valence-electron chi connectivity index (χ2n) is 2.87. The second kappa shape index (κ2) is 5.40. The lowest BCUT2D eigenvalue weighted by Crippen LogP contribution is -1.95. The molecule has 76 valence electrons. The standard InChI is InChI=1S/C11H14FNO/c1-14-11-6-5-9(8-10(11)12)4-2-3-7-13/h2,4-6,8H,3,7,13H2,1H3/b4-2+. The van der Waals surface area contributed by atoms with Crippen molar-refractivity contribution in [3.8, 4) is 5.75 Å². The summed E-state index contributed by atoms with van der Waals surface area (Å²) in [5.74, 6) is -0.0802. The van der Waals surface area contributed by atoms with Crippen molar-refractivity contribution in [3.63, 3.8) is 0 Å². The summed E-state index contributed by atoms with van der Waals surface area (Å²) in [4.78, 5) is 0. The van der Waals surface area contributed by atoms with Crippen molar-refractivity contribution in [1.82, 2.24) is 0 Å². The molecule has 1 aromatic rings. The lowest BCUT2D eigenvalue weighted by atomic mass is 10.2. The lowest BCUT2D eigenvalue weighted by Gasteiger charge is -2.01. The van der Waals surface area contributed by atoms with Crippen molar-refractivity contribution in [3.05, 3.63) is 35.7 Å². The number of hydrogen-bond donors (Lipinski definition) is 1. The van der Waals surface area contributed by atoms with Crippen molar-refractivity contribution in [2.24, 2.45) is 5.73 Å². The number of methoxy groups -OCH3 is 1. The van der Waals surface area contributed by atoms with Gasteiger partial charge in [0.15, 0.2) is 11.6 Å². The van der Waals surface area contributed by atoms with Gasteiger partial charge in [-0.3, -0.25) is 0 Å². The molecule has 0 heterocycles. The Morgan fingerprint density at radius 2 is 2.29 bits per heavy atom. The van der Waals surface area contributed by atoms with Crippen LogP contribution in [0.25, 0.3) is 6.08 Å². The predicted octanol–water partition coefficient (Wildman–Crippen LogP) is 2.20. The molecule has 1 rings (SSSR count). The Morgan fingerprint density at radius 3 is 2.86 bits per heavy atom. The minimum Gasteiger partial charge on any atom is -0.494 e. The summed E-state index contributed by atoms with van der Waals surface area (Å²) >= 11 is 0. The first-order chi connectivity index (χ1) is 6.77. The lowest BCUT2D eigenvalue weighted by molar-refractivity contribution is 0.386. The Balaban J connectivity index is 2.76. The summed E-state index contributed by atoms with van der Waals surface area (Å²) < 4.78 is 18.0. The van der Waals surface area contributed by atoms with Gasteiger partial charge < -0.3 is 10.5 Å². The number of halogens is 1. The highest BCUT2D eigenvalue weighted by Crippen LogP contribution is 2.18. The third kappa shape index (κ3) is 2.85. The number of ether oxygens (including phenoxy) is 1. The average Bonchev–Trinajstić information content (AvgIpc) is 2.18. The molecule has 0 radical (unpaired) electrons. The first kappa shape index (κ1) is 10.7. The maximum Gasteiger partial charge on any atom is 0.165 e. The second-order valence-corrected chi connectivity index (χ2v) is 2.87. The molecular formula is C11H14FNO. The van der Waals surface area contributed by atoms with Crippen LogP contribution in [0.3, 0.4) is 0 Å². The molecule has 0 atom stereocenters. The van der Waals surface area contributed by atoms with Crippen LogP contribution in [-0.2, 0) is 0 Å². The molecule has 0 saturated carbocycles. The van der Waals surface area contributed by atoms with Gasteiger partial charge in [0.25, 0.3) is 0 Å². The van der Waals surface area contributed by atoms with Crippen LogP contribution in [0.4, 0.5) is 4.39 Å². The number of benzene rings is 1. The summed E-state index contributed by atoms with van der Waals surface area (Å²) in [6.07, 6.45) is 4.56. The number of rotatable bonds is 4. The van der Waals surface area contributed by atoms with E-state index in [1.54, 1.807) is 12.1 Å². The van der Waals surface area contributed by atoms with Gasteiger partial charge >= 0.3 is 0 Å². The molecule has 3 heteroatoms. The molecule has 0 fully saturated rings. The van der Waals surface area contributed by atoms with Crippen molar-refractivity contribution in [2.75, 3.05) is 13.7 Å². The van der Waals surface area contributed by atoms with Gasteiger partial charge in [-0.25, -0.2) is 4.39 Å². The zero-order valence-electron chi connectivity index (χ0n) is 8.16. The predicted molar refractivity (Wildman–Crippen MR) is 55.7 cm³/mol. The normalized spacial score (nSPS) is 10.8. The fourth-order valence-electron chi connectivity index (χ4n) is 1.10. The molecule has 0 spiro atoms. The van der Waals surface area contributed by atoms with Gasteiger partial charge in [0.2, 0.25) is 0 Å². The molecule has 0 aliphatic heterocycles. The Kier molecular flexibility index (Phi) is 4.13. The fraction of sp³-hybridized carbons (Fsp3) is 0.273. The van der Waals surface area contributed by atoms with Crippen LogP contribution in [-0.4, -0.2) is 13.7 Å². The first-order valence-corrected chi connectivity index (χ1v) is 4.48. The smallest absolute Gasteiger partial charge is 0.165 e. The largest absolute Gasteiger partial charge is 0.494 e. The SMILES string of the molecule is COc1ccc(/C=C/CCN)cc1F. The summed E-state index contributed by atoms with van der Waals surface area (Å²) in [6, 6.07) is 4.85. The molecule has 0 unspecified atom stereocenters. The van der Waals surface area contributed by atoms with E-state index in [2.05, 4.69) is 0 Å². The van der Waals surface area contributed by atoms with Crippen LogP contribution >= 0.6 is 0 Å². The minimum absolute atomic E-state index is 0.265. The molecule has 14 heavy (non-hydrogen) atoms. The average molecular weight is 195 g/mol. The van der Waals surface area contributed by atoms with Crippen LogP contribution in [0.2, 0.25) is 0 Å². The Bertz CT molecular complexity index is 323. The maximum atomic E-state index is 13.2. The molecule has 0 bridgehead atoms. The summed E-state index contributed by atoms with van der Waals surface area (Å²) in [6.45, 7) is 0.606. The Hall–Kier alpha value is -1.35. The third-order valence-corrected chi connectivity index (χ3v) is 1.82. The van der Waals surface area contributed by atoms with Crippen molar-refractivity contribution < 1.29 is 9.13 Å². The molecule has 0 saturated heterocycles. The third-order valence-electron chi connectivity index (χ3n) is 1.82. The van der Waals surface area contributed by atoms with E-state index < -0.39 is 0 Å². The van der Waals surface area contributed by atoms with E-state index in [4.69, 9.17) is 10.5 Å². The fourth-order valence-corrected chi connectivity index (χ4v) is 1.10. The molecule has 2 nitrogen and oxygen atoms in total. The topological polar surface area (TPSA) is 35.2 Å². The maximum absolute atomic E-state index is 13.2. The van der Waals surface area contributed by atoms with Gasteiger partial charge in [0, 0.05) is 0 Å². The Labute approximate surface area is 83.2 Å². The quantitative estimate of drug-likeness (QED) is 0.799. The van der Waals surface area contributed by atoms with Gasteiger partial charge in [-0.2, -0.15) is 0 Å². The number of hydrogen-bond acceptors (Lipinski definition) is 2. The summed E-state index contributed by atoms with van der Waals surface area (Å²) in [5.41, 5.74) is 6.14. The van der Waals surface area contributed by atoms with Crippen molar-refractivity contribution in [1.29, 1.82) is 0 Å². The van der Waals surface area contributed by atoms with Crippen LogP contribution in [0, 0.1) is 5.82 Å². The van der Waals surface area contributed by atoms with E-state index in [0.717, 1.165) is 12.0 Å². The molecular weight excluding hydrogens is 181 g/mol. The van der Waals surface area contributed by atoms with E-state index in [0.29, 0.717) is 6.54 Å². The van der Waals surface area contributed by atoms with Gasteiger partial charge in [0.1, 0.15) is 0 Å². The highest BCUT2D eigenvalue weighted by Gasteiger charge is 2.00. The van der Waals surface area contributed by atoms with E-state index in [1.807, 2.05) is 12.2 Å². The van der Waals surface area contributed by atoms with Gasteiger partial charge in [-0.1, -0.05) is 18.2 Å². The summed E-state index contributed by atoms with van der Waals surface area (Å²) in [5, 5.41) is 0. The van der Waals surface area contributed by atoms with E-state index in [1.165, 1.54) is 13.2 Å². The molecule has 2 N–H and O–H groups in total. The van der Waals surface area contributed by atoms with E-state index in [-0.39, 0.29) is 11.6 Å². The molecule has 0 aliphatic rings. The van der Waals surface area contributed by atoms with Gasteiger partial charge in [0.05, 0.1) is 7.11 Å². The van der Waals surface area contributed by atoms with Crippen LogP contribution in [0.1, 0.15) is 12.0 Å². The van der Waals surface area contributed by atoms with Crippen molar-refractivity contribution >= 4 is 6.08 Å². The Morgan fingerprint density at radius 1 is 1.50 bits per heavy atom. The van der Waals surface area contributed by atoms with Gasteiger partial charge in [-0.05, 0) is 30.7 Å². The van der Waals surface area contributed by atoms with Crippen LogP contribution in [0.15, 0.2) is 24.3 Å². The monoisotopic (exact) mass is 195 g/mol. The highest BCUT2D eigenvalue weighted by molar-refractivity contribution is 5.50. The van der Waals surface area contributed by atoms with Gasteiger partial charge in [-0.15, -0.1) is 0 Å². The number of nitrogens with two attached hydrogens (primary N) is 1. The molecule has 0 amide bonds. The van der Waals surface area contributed by atoms with Crippen LogP contribution < -0.4 is 10.5 Å².